The summed E-state index contributed by atoms with van der Waals surface area (Å²) < 4.78 is 1.68. The molecule has 1 amide bonds. The maximum atomic E-state index is 12.1. The van der Waals surface area contributed by atoms with Crippen LogP contribution in [0.1, 0.15) is 19.3 Å². The number of nitrogens with one attached hydrogen (secondary N) is 2. The van der Waals surface area contributed by atoms with Crippen LogP contribution in [0.3, 0.4) is 0 Å². The molecule has 1 aromatic rings. The molecule has 2 bridgehead atoms. The number of fused-ring (bicyclic) bond motifs is 2. The summed E-state index contributed by atoms with van der Waals surface area (Å²) in [5.74, 6) is 1.03. The molecule has 3 rings (SSSR count). The van der Waals surface area contributed by atoms with E-state index in [0.29, 0.717) is 12.1 Å². The minimum atomic E-state index is 0.128. The average Bonchev–Trinajstić information content (AvgIpc) is 2.95. The molecule has 2 aliphatic heterocycles. The summed E-state index contributed by atoms with van der Waals surface area (Å²) in [5.41, 5.74) is 0. The highest BCUT2D eigenvalue weighted by Gasteiger charge is 2.42. The standard InChI is InChI=1S/C11H16N4O/c1-15-10(4-5-12-15)14-11(16)8-6-7-2-3-9(8)13-7/h4-5,7-9,13H,2-3,6H2,1H3,(H,14,16). The number of amides is 1. The number of carbonyl (C=O) groups is 1. The molecular weight excluding hydrogens is 204 g/mol. The Bertz CT molecular complexity index is 414. The van der Waals surface area contributed by atoms with E-state index in [0.717, 1.165) is 18.7 Å². The molecule has 0 saturated carbocycles. The van der Waals surface area contributed by atoms with E-state index in [-0.39, 0.29) is 11.8 Å². The molecule has 16 heavy (non-hydrogen) atoms. The predicted octanol–water partition coefficient (Wildman–Crippen LogP) is 0.499. The first-order chi connectivity index (χ1) is 7.74. The van der Waals surface area contributed by atoms with Crippen molar-refractivity contribution < 1.29 is 4.79 Å². The Hall–Kier alpha value is -1.36. The topological polar surface area (TPSA) is 59.0 Å². The molecule has 2 saturated heterocycles. The average molecular weight is 220 g/mol. The number of aryl methyl sites for hydroxylation is 1. The molecule has 5 nitrogen and oxygen atoms in total. The van der Waals surface area contributed by atoms with Gasteiger partial charge in [-0.2, -0.15) is 5.10 Å². The summed E-state index contributed by atoms with van der Waals surface area (Å²) in [6.07, 6.45) is 5.03. The van der Waals surface area contributed by atoms with Crippen LogP contribution in [0.25, 0.3) is 0 Å². The van der Waals surface area contributed by atoms with Crippen LogP contribution in [-0.2, 0) is 11.8 Å². The maximum Gasteiger partial charge on any atom is 0.230 e. The second-order valence-electron chi connectivity index (χ2n) is 4.72. The monoisotopic (exact) mass is 220 g/mol. The van der Waals surface area contributed by atoms with Gasteiger partial charge in [-0.25, -0.2) is 0 Å². The highest BCUT2D eigenvalue weighted by atomic mass is 16.2. The summed E-state index contributed by atoms with van der Waals surface area (Å²) in [6.45, 7) is 0. The molecule has 2 fully saturated rings. The minimum absolute atomic E-state index is 0.128. The van der Waals surface area contributed by atoms with Gasteiger partial charge in [-0.15, -0.1) is 0 Å². The first-order valence-electron chi connectivity index (χ1n) is 5.79. The Morgan fingerprint density at radius 2 is 2.50 bits per heavy atom. The third-order valence-electron chi connectivity index (χ3n) is 3.71. The highest BCUT2D eigenvalue weighted by molar-refractivity contribution is 5.92. The maximum absolute atomic E-state index is 12.1. The van der Waals surface area contributed by atoms with Gasteiger partial charge in [-0.3, -0.25) is 9.48 Å². The van der Waals surface area contributed by atoms with Gasteiger partial charge < -0.3 is 10.6 Å². The first-order valence-corrected chi connectivity index (χ1v) is 5.79. The van der Waals surface area contributed by atoms with Crippen LogP contribution in [0, 0.1) is 5.92 Å². The second-order valence-corrected chi connectivity index (χ2v) is 4.72. The van der Waals surface area contributed by atoms with Gasteiger partial charge in [0.1, 0.15) is 5.82 Å². The van der Waals surface area contributed by atoms with Gasteiger partial charge in [0.2, 0.25) is 5.91 Å². The summed E-state index contributed by atoms with van der Waals surface area (Å²) >= 11 is 0. The summed E-state index contributed by atoms with van der Waals surface area (Å²) in [5, 5.41) is 10.4. The van der Waals surface area contributed by atoms with E-state index in [2.05, 4.69) is 15.7 Å². The van der Waals surface area contributed by atoms with Crippen molar-refractivity contribution in [1.82, 2.24) is 15.1 Å². The molecular formula is C11H16N4O. The van der Waals surface area contributed by atoms with Crippen molar-refractivity contribution in [2.24, 2.45) is 13.0 Å². The normalized spacial score (nSPS) is 31.9. The number of hydrogen-bond acceptors (Lipinski definition) is 3. The zero-order valence-electron chi connectivity index (χ0n) is 9.31. The molecule has 0 aromatic carbocycles. The van der Waals surface area contributed by atoms with Gasteiger partial charge in [-0.1, -0.05) is 0 Å². The number of aromatic nitrogens is 2. The largest absolute Gasteiger partial charge is 0.311 e. The van der Waals surface area contributed by atoms with E-state index in [4.69, 9.17) is 0 Å². The Labute approximate surface area is 94.2 Å². The fourth-order valence-electron chi connectivity index (χ4n) is 2.83. The van der Waals surface area contributed by atoms with E-state index in [1.54, 1.807) is 10.9 Å². The number of carbonyl (C=O) groups excluding carboxylic acids is 1. The molecule has 3 atom stereocenters. The summed E-state index contributed by atoms with van der Waals surface area (Å²) in [7, 11) is 1.83. The number of rotatable bonds is 2. The SMILES string of the molecule is Cn1nccc1NC(=O)C1CC2CCC1N2. The van der Waals surface area contributed by atoms with Crippen LogP contribution in [0.2, 0.25) is 0 Å². The lowest BCUT2D eigenvalue weighted by Gasteiger charge is -2.19. The Balaban J connectivity index is 1.68. The fourth-order valence-corrected chi connectivity index (χ4v) is 2.83. The van der Waals surface area contributed by atoms with E-state index in [1.807, 2.05) is 13.1 Å². The molecule has 2 N–H and O–H groups in total. The smallest absolute Gasteiger partial charge is 0.230 e. The van der Waals surface area contributed by atoms with Gasteiger partial charge in [-0.05, 0) is 19.3 Å². The Kier molecular flexibility index (Phi) is 2.21. The molecule has 0 radical (unpaired) electrons. The minimum Gasteiger partial charge on any atom is -0.311 e. The first kappa shape index (κ1) is 9.84. The summed E-state index contributed by atoms with van der Waals surface area (Å²) in [4.78, 5) is 12.1. The zero-order valence-corrected chi connectivity index (χ0v) is 9.31. The van der Waals surface area contributed by atoms with E-state index >= 15 is 0 Å². The molecule has 3 heterocycles. The lowest BCUT2D eigenvalue weighted by atomic mass is 9.88. The lowest BCUT2D eigenvalue weighted by molar-refractivity contribution is -0.120. The number of nitrogens with zero attached hydrogens (tertiary/aromatic N) is 2. The van der Waals surface area contributed by atoms with Gasteiger partial charge in [0.05, 0.1) is 12.1 Å². The number of anilines is 1. The van der Waals surface area contributed by atoms with Gasteiger partial charge in [0, 0.05) is 25.2 Å². The molecule has 2 aliphatic rings. The number of hydrogen-bond donors (Lipinski definition) is 2. The molecule has 3 unspecified atom stereocenters. The van der Waals surface area contributed by atoms with Crippen molar-refractivity contribution in [3.8, 4) is 0 Å². The van der Waals surface area contributed by atoms with E-state index in [9.17, 15) is 4.79 Å². The quantitative estimate of drug-likeness (QED) is 0.763. The van der Waals surface area contributed by atoms with Crippen LogP contribution < -0.4 is 10.6 Å². The molecule has 86 valence electrons. The van der Waals surface area contributed by atoms with Crippen molar-refractivity contribution in [1.29, 1.82) is 0 Å². The van der Waals surface area contributed by atoms with E-state index in [1.165, 1.54) is 6.42 Å². The van der Waals surface area contributed by atoms with Crippen molar-refractivity contribution >= 4 is 11.7 Å². The Morgan fingerprint density at radius 1 is 1.62 bits per heavy atom. The van der Waals surface area contributed by atoms with Crippen LogP contribution in [0.5, 0.6) is 0 Å². The third-order valence-corrected chi connectivity index (χ3v) is 3.71. The summed E-state index contributed by atoms with van der Waals surface area (Å²) in [6, 6.07) is 2.77. The molecule has 0 aliphatic carbocycles. The van der Waals surface area contributed by atoms with Crippen molar-refractivity contribution in [2.45, 2.75) is 31.3 Å². The molecule has 5 heteroatoms. The van der Waals surface area contributed by atoms with Crippen LogP contribution >= 0.6 is 0 Å². The van der Waals surface area contributed by atoms with Gasteiger partial charge in [0.25, 0.3) is 0 Å². The predicted molar refractivity (Wildman–Crippen MR) is 59.9 cm³/mol. The van der Waals surface area contributed by atoms with Crippen molar-refractivity contribution in [3.05, 3.63) is 12.3 Å². The zero-order chi connectivity index (χ0) is 11.1. The van der Waals surface area contributed by atoms with E-state index < -0.39 is 0 Å². The Morgan fingerprint density at radius 3 is 3.06 bits per heavy atom. The lowest BCUT2D eigenvalue weighted by Crippen LogP contribution is -2.33. The fraction of sp³-hybridized carbons (Fsp3) is 0.636. The molecule has 0 spiro atoms. The third kappa shape index (κ3) is 1.51. The van der Waals surface area contributed by atoms with Crippen LogP contribution in [0.4, 0.5) is 5.82 Å². The molecule has 1 aromatic heterocycles. The van der Waals surface area contributed by atoms with Crippen molar-refractivity contribution in [2.75, 3.05) is 5.32 Å². The second kappa shape index (κ2) is 3.59. The van der Waals surface area contributed by atoms with Gasteiger partial charge >= 0.3 is 0 Å². The van der Waals surface area contributed by atoms with Gasteiger partial charge in [0.15, 0.2) is 0 Å². The van der Waals surface area contributed by atoms with Crippen LogP contribution in [0.15, 0.2) is 12.3 Å². The highest BCUT2D eigenvalue weighted by Crippen LogP contribution is 2.33. The van der Waals surface area contributed by atoms with Crippen molar-refractivity contribution in [3.63, 3.8) is 0 Å². The van der Waals surface area contributed by atoms with Crippen LogP contribution in [-0.4, -0.2) is 27.8 Å².